The van der Waals surface area contributed by atoms with Gasteiger partial charge in [0.2, 0.25) is 11.8 Å². The number of fused-ring (bicyclic) bond motifs is 2. The molecule has 2 aliphatic heterocycles. The van der Waals surface area contributed by atoms with Gasteiger partial charge in [-0.15, -0.1) is 0 Å². The van der Waals surface area contributed by atoms with Gasteiger partial charge in [-0.1, -0.05) is 11.6 Å². The number of pyridine rings is 3. The van der Waals surface area contributed by atoms with Crippen LogP contribution in [-0.2, 0) is 17.8 Å². The number of nitrogens with zero attached hydrogens (tertiary/aromatic N) is 4. The van der Waals surface area contributed by atoms with Gasteiger partial charge in [-0.3, -0.25) is 20.1 Å². The number of rotatable bonds is 8. The molecule has 0 bridgehead atoms. The molecule has 5 rings (SSSR count). The summed E-state index contributed by atoms with van der Waals surface area (Å²) >= 11 is 6.49. The van der Waals surface area contributed by atoms with E-state index in [1.807, 2.05) is 12.1 Å². The molecule has 1 saturated heterocycles. The van der Waals surface area contributed by atoms with Crippen molar-refractivity contribution in [2.75, 3.05) is 40.0 Å². The fourth-order valence-electron chi connectivity index (χ4n) is 4.71. The van der Waals surface area contributed by atoms with Crippen LogP contribution < -0.4 is 25.3 Å². The third-order valence-electron chi connectivity index (χ3n) is 6.90. The zero-order valence-electron chi connectivity index (χ0n) is 20.1. The molecule has 0 saturated carbocycles. The molecule has 10 nitrogen and oxygen atoms in total. The third-order valence-corrected chi connectivity index (χ3v) is 7.23. The Morgan fingerprint density at radius 2 is 1.97 bits per heavy atom. The first kappa shape index (κ1) is 24.5. The number of hydrogen-bond acceptors (Lipinski definition) is 9. The smallest absolute Gasteiger partial charge is 0.237 e. The number of methoxy groups -OCH3 is 1. The summed E-state index contributed by atoms with van der Waals surface area (Å²) in [7, 11) is 1.59. The van der Waals surface area contributed by atoms with Crippen molar-refractivity contribution in [1.29, 1.82) is 0 Å². The molecule has 0 aromatic carbocycles. The highest BCUT2D eigenvalue weighted by Crippen LogP contribution is 2.30. The molecule has 11 heteroatoms. The lowest BCUT2D eigenvalue weighted by molar-refractivity contribution is -0.126. The molecule has 2 aliphatic rings. The molecule has 190 valence electrons. The normalized spacial score (nSPS) is 17.2. The van der Waals surface area contributed by atoms with Gasteiger partial charge in [-0.25, -0.2) is 4.98 Å². The second-order valence-electron chi connectivity index (χ2n) is 9.02. The summed E-state index contributed by atoms with van der Waals surface area (Å²) < 4.78 is 16.4. The second kappa shape index (κ2) is 10.4. The van der Waals surface area contributed by atoms with Crippen LogP contribution in [0.15, 0.2) is 30.6 Å². The number of ether oxygens (including phenoxy) is 3. The maximum atomic E-state index is 12.5. The summed E-state index contributed by atoms with van der Waals surface area (Å²) in [6.07, 6.45) is 5.23. The first-order chi connectivity index (χ1) is 17.5. The Bertz CT molecular complexity index is 1260. The van der Waals surface area contributed by atoms with Crippen LogP contribution in [0.3, 0.4) is 0 Å². The topological polar surface area (TPSA) is 125 Å². The van der Waals surface area contributed by atoms with E-state index in [4.69, 9.17) is 31.5 Å². The molecule has 0 spiro atoms. The molecule has 3 N–H and O–H groups in total. The minimum atomic E-state index is -0.790. The summed E-state index contributed by atoms with van der Waals surface area (Å²) in [4.78, 5) is 28.2. The van der Waals surface area contributed by atoms with Gasteiger partial charge >= 0.3 is 0 Å². The van der Waals surface area contributed by atoms with Crippen molar-refractivity contribution in [3.63, 3.8) is 0 Å². The third kappa shape index (κ3) is 5.02. The first-order valence-corrected chi connectivity index (χ1v) is 12.4. The van der Waals surface area contributed by atoms with Crippen LogP contribution >= 0.6 is 11.6 Å². The molecule has 0 aliphatic carbocycles. The van der Waals surface area contributed by atoms with E-state index in [1.54, 1.807) is 25.6 Å². The van der Waals surface area contributed by atoms with E-state index in [-0.39, 0.29) is 5.91 Å². The van der Waals surface area contributed by atoms with E-state index >= 15 is 0 Å². The largest absolute Gasteiger partial charge is 0.486 e. The Labute approximate surface area is 214 Å². The number of primary amides is 1. The van der Waals surface area contributed by atoms with Gasteiger partial charge in [-0.05, 0) is 25.3 Å². The molecule has 0 unspecified atom stereocenters. The Balaban J connectivity index is 1.22. The van der Waals surface area contributed by atoms with Gasteiger partial charge in [0.1, 0.15) is 18.8 Å². The number of piperidine rings is 1. The number of aromatic nitrogens is 3. The quantitative estimate of drug-likeness (QED) is 0.466. The van der Waals surface area contributed by atoms with Crippen molar-refractivity contribution in [2.24, 2.45) is 5.73 Å². The van der Waals surface area contributed by atoms with Crippen molar-refractivity contribution in [3.8, 4) is 17.4 Å². The second-order valence-corrected chi connectivity index (χ2v) is 9.42. The van der Waals surface area contributed by atoms with Crippen molar-refractivity contribution in [2.45, 2.75) is 31.3 Å². The predicted octanol–water partition coefficient (Wildman–Crippen LogP) is 2.11. The number of amides is 1. The van der Waals surface area contributed by atoms with Crippen LogP contribution in [0.2, 0.25) is 5.02 Å². The van der Waals surface area contributed by atoms with E-state index in [9.17, 15) is 4.79 Å². The number of halogens is 1. The van der Waals surface area contributed by atoms with Crippen LogP contribution in [0.5, 0.6) is 17.4 Å². The maximum Gasteiger partial charge on any atom is 0.237 e. The number of nitrogens with two attached hydrogens (primary N) is 1. The van der Waals surface area contributed by atoms with Gasteiger partial charge in [0.15, 0.2) is 11.5 Å². The van der Waals surface area contributed by atoms with Gasteiger partial charge in [-0.2, -0.15) is 0 Å². The summed E-state index contributed by atoms with van der Waals surface area (Å²) in [5.41, 5.74) is 8.31. The van der Waals surface area contributed by atoms with E-state index in [0.29, 0.717) is 61.4 Å². The molecule has 5 heterocycles. The van der Waals surface area contributed by atoms with Crippen LogP contribution in [-0.4, -0.2) is 71.3 Å². The Hall–Kier alpha value is -3.21. The van der Waals surface area contributed by atoms with Crippen LogP contribution in [0.4, 0.5) is 0 Å². The lowest BCUT2D eigenvalue weighted by Crippen LogP contribution is -2.60. The van der Waals surface area contributed by atoms with Gasteiger partial charge in [0.05, 0.1) is 35.1 Å². The van der Waals surface area contributed by atoms with E-state index < -0.39 is 5.54 Å². The monoisotopic (exact) mass is 512 g/mol. The molecular weight excluding hydrogens is 484 g/mol. The zero-order chi connectivity index (χ0) is 25.1. The number of hydrogen-bond donors (Lipinski definition) is 2. The van der Waals surface area contributed by atoms with Gasteiger partial charge < -0.3 is 24.8 Å². The SMILES string of the molecule is COc1ccc2ncc(Cl)c(CCN3CCC(NCc4cc5c(cn4)OCCO5)(C(N)=O)CC3)c2n1. The number of carbonyl (C=O) groups excluding carboxylic acids is 1. The zero-order valence-corrected chi connectivity index (χ0v) is 20.9. The predicted molar refractivity (Wildman–Crippen MR) is 134 cm³/mol. The highest BCUT2D eigenvalue weighted by atomic mass is 35.5. The Morgan fingerprint density at radius 3 is 2.72 bits per heavy atom. The highest BCUT2D eigenvalue weighted by molar-refractivity contribution is 6.32. The Kier molecular flexibility index (Phi) is 7.08. The van der Waals surface area contributed by atoms with Gasteiger partial charge in [0.25, 0.3) is 0 Å². The molecule has 1 fully saturated rings. The van der Waals surface area contributed by atoms with E-state index in [1.165, 1.54) is 0 Å². The van der Waals surface area contributed by atoms with Crippen molar-refractivity contribution in [1.82, 2.24) is 25.2 Å². The maximum absolute atomic E-state index is 12.5. The number of nitrogens with one attached hydrogen (secondary N) is 1. The highest BCUT2D eigenvalue weighted by Gasteiger charge is 2.39. The summed E-state index contributed by atoms with van der Waals surface area (Å²) in [6.45, 7) is 3.66. The fraction of sp³-hybridized carbons (Fsp3) is 0.440. The Morgan fingerprint density at radius 1 is 1.19 bits per heavy atom. The standard InChI is InChI=1S/C25H29ClN6O4/c1-34-22-3-2-19-23(31-22)17(18(26)14-29-19)4-7-32-8-5-25(6-9-32,24(27)33)30-13-16-12-20-21(15-28-16)36-11-10-35-20/h2-3,12,14-15,30H,4-11,13H2,1H3,(H2,27,33). The van der Waals surface area contributed by atoms with Crippen molar-refractivity contribution >= 4 is 28.5 Å². The molecule has 0 radical (unpaired) electrons. The minimum absolute atomic E-state index is 0.348. The average Bonchev–Trinajstić information content (AvgIpc) is 2.91. The van der Waals surface area contributed by atoms with E-state index in [0.717, 1.165) is 41.9 Å². The molecule has 1 amide bonds. The molecule has 36 heavy (non-hydrogen) atoms. The lowest BCUT2D eigenvalue weighted by Gasteiger charge is -2.40. The van der Waals surface area contributed by atoms with Crippen LogP contribution in [0.1, 0.15) is 24.1 Å². The molecular formula is C25H29ClN6O4. The number of likely N-dealkylation sites (tertiary alicyclic amines) is 1. The van der Waals surface area contributed by atoms with Crippen LogP contribution in [0, 0.1) is 0 Å². The van der Waals surface area contributed by atoms with Crippen molar-refractivity contribution in [3.05, 3.63) is 46.9 Å². The molecule has 3 aromatic rings. The summed E-state index contributed by atoms with van der Waals surface area (Å²) in [5.74, 6) is 1.49. The fourth-order valence-corrected chi connectivity index (χ4v) is 4.95. The summed E-state index contributed by atoms with van der Waals surface area (Å²) in [6, 6.07) is 5.51. The minimum Gasteiger partial charge on any atom is -0.486 e. The first-order valence-electron chi connectivity index (χ1n) is 12.0. The van der Waals surface area contributed by atoms with E-state index in [2.05, 4.69) is 25.2 Å². The number of carbonyl (C=O) groups is 1. The van der Waals surface area contributed by atoms with Crippen LogP contribution in [0.25, 0.3) is 11.0 Å². The molecule has 3 aromatic heterocycles. The lowest BCUT2D eigenvalue weighted by atomic mass is 9.86. The van der Waals surface area contributed by atoms with Crippen molar-refractivity contribution < 1.29 is 19.0 Å². The summed E-state index contributed by atoms with van der Waals surface area (Å²) in [5, 5.41) is 3.97. The van der Waals surface area contributed by atoms with Gasteiger partial charge in [0, 0.05) is 50.1 Å². The average molecular weight is 513 g/mol. The molecule has 0 atom stereocenters.